The Morgan fingerprint density at radius 1 is 1.10 bits per heavy atom. The summed E-state index contributed by atoms with van der Waals surface area (Å²) in [7, 11) is 1.96. The van der Waals surface area contributed by atoms with Crippen molar-refractivity contribution in [2.75, 3.05) is 11.9 Å². The third kappa shape index (κ3) is 2.49. The van der Waals surface area contributed by atoms with Gasteiger partial charge in [-0.15, -0.1) is 0 Å². The number of tetrazole rings is 1. The third-order valence-corrected chi connectivity index (χ3v) is 2.94. The number of aromatic nitrogens is 5. The Balaban J connectivity index is 1.86. The fourth-order valence-electron chi connectivity index (χ4n) is 1.99. The van der Waals surface area contributed by atoms with Crippen LogP contribution in [0.15, 0.2) is 54.9 Å². The Bertz CT molecular complexity index is 664. The first kappa shape index (κ1) is 12.3. The first-order valence-electron chi connectivity index (χ1n) is 6.28. The predicted octanol–water partition coefficient (Wildman–Crippen LogP) is 1.69. The minimum absolute atomic E-state index is 0.694. The van der Waals surface area contributed by atoms with Crippen LogP contribution in [-0.2, 0) is 6.54 Å². The monoisotopic (exact) mass is 266 g/mol. The largest absolute Gasteiger partial charge is 0.338 e. The van der Waals surface area contributed by atoms with Crippen LogP contribution in [0.4, 0.5) is 5.95 Å². The summed E-state index contributed by atoms with van der Waals surface area (Å²) >= 11 is 0. The molecule has 0 aliphatic rings. The number of nitrogens with zero attached hydrogens (tertiary/aromatic N) is 6. The molecule has 6 heteroatoms. The molecule has 3 rings (SSSR count). The molecule has 100 valence electrons. The van der Waals surface area contributed by atoms with Crippen LogP contribution in [0.5, 0.6) is 0 Å². The van der Waals surface area contributed by atoms with Gasteiger partial charge in [0.05, 0.1) is 5.69 Å². The number of rotatable bonds is 4. The van der Waals surface area contributed by atoms with Crippen molar-refractivity contribution in [1.29, 1.82) is 0 Å². The molecule has 0 saturated carbocycles. The highest BCUT2D eigenvalue weighted by Gasteiger charge is 2.12. The molecule has 0 aliphatic carbocycles. The van der Waals surface area contributed by atoms with Crippen molar-refractivity contribution >= 4 is 5.95 Å². The van der Waals surface area contributed by atoms with Crippen LogP contribution in [0.3, 0.4) is 0 Å². The second-order valence-electron chi connectivity index (χ2n) is 4.44. The fraction of sp³-hybridized carbons (Fsp3) is 0.143. The lowest BCUT2D eigenvalue weighted by Gasteiger charge is -2.17. The molecule has 1 aromatic carbocycles. The summed E-state index contributed by atoms with van der Waals surface area (Å²) in [5.74, 6) is 0.694. The van der Waals surface area contributed by atoms with Crippen LogP contribution < -0.4 is 4.90 Å². The number of pyridine rings is 1. The molecule has 0 unspecified atom stereocenters. The van der Waals surface area contributed by atoms with Gasteiger partial charge in [0.2, 0.25) is 5.95 Å². The topological polar surface area (TPSA) is 59.7 Å². The van der Waals surface area contributed by atoms with Crippen LogP contribution in [0.2, 0.25) is 0 Å². The maximum atomic E-state index is 4.11. The zero-order chi connectivity index (χ0) is 13.8. The molecule has 0 N–H and O–H groups in total. The molecule has 6 nitrogen and oxygen atoms in total. The molecule has 3 aromatic rings. The molecular weight excluding hydrogens is 252 g/mol. The van der Waals surface area contributed by atoms with Gasteiger partial charge in [0.25, 0.3) is 0 Å². The zero-order valence-electron chi connectivity index (χ0n) is 11.1. The third-order valence-electron chi connectivity index (χ3n) is 2.94. The maximum absolute atomic E-state index is 4.11. The normalized spacial score (nSPS) is 10.4. The highest BCUT2D eigenvalue weighted by atomic mass is 15.6. The first-order valence-corrected chi connectivity index (χ1v) is 6.28. The van der Waals surface area contributed by atoms with E-state index >= 15 is 0 Å². The number of anilines is 1. The van der Waals surface area contributed by atoms with Gasteiger partial charge in [0.15, 0.2) is 0 Å². The Kier molecular flexibility index (Phi) is 3.36. The molecule has 0 fully saturated rings. The highest BCUT2D eigenvalue weighted by molar-refractivity contribution is 5.40. The molecule has 0 spiro atoms. The van der Waals surface area contributed by atoms with Crippen LogP contribution in [-0.4, -0.2) is 32.2 Å². The molecule has 0 atom stereocenters. The van der Waals surface area contributed by atoms with E-state index in [1.54, 1.807) is 10.9 Å². The van der Waals surface area contributed by atoms with Crippen molar-refractivity contribution in [3.05, 3.63) is 60.4 Å². The van der Waals surface area contributed by atoms with E-state index in [9.17, 15) is 0 Å². The molecule has 2 aromatic heterocycles. The van der Waals surface area contributed by atoms with E-state index in [2.05, 4.69) is 20.5 Å². The van der Waals surface area contributed by atoms with Gasteiger partial charge in [-0.1, -0.05) is 29.4 Å². The zero-order valence-corrected chi connectivity index (χ0v) is 11.1. The maximum Gasteiger partial charge on any atom is 0.250 e. The van der Waals surface area contributed by atoms with E-state index in [0.29, 0.717) is 12.5 Å². The van der Waals surface area contributed by atoms with Gasteiger partial charge in [0, 0.05) is 26.0 Å². The van der Waals surface area contributed by atoms with E-state index in [1.807, 2.05) is 60.6 Å². The van der Waals surface area contributed by atoms with Crippen molar-refractivity contribution in [3.8, 4) is 5.69 Å². The Morgan fingerprint density at radius 3 is 2.70 bits per heavy atom. The molecule has 0 radical (unpaired) electrons. The van der Waals surface area contributed by atoms with Gasteiger partial charge in [-0.2, -0.15) is 4.68 Å². The average molecular weight is 266 g/mol. The highest BCUT2D eigenvalue weighted by Crippen LogP contribution is 2.15. The molecule has 20 heavy (non-hydrogen) atoms. The van der Waals surface area contributed by atoms with Gasteiger partial charge in [-0.05, 0) is 34.2 Å². The van der Waals surface area contributed by atoms with Crippen LogP contribution in [0, 0.1) is 0 Å². The second-order valence-corrected chi connectivity index (χ2v) is 4.44. The van der Waals surface area contributed by atoms with Crippen molar-refractivity contribution in [1.82, 2.24) is 25.2 Å². The fourth-order valence-corrected chi connectivity index (χ4v) is 1.99. The van der Waals surface area contributed by atoms with Gasteiger partial charge < -0.3 is 4.90 Å². The summed E-state index contributed by atoms with van der Waals surface area (Å²) < 4.78 is 1.72. The predicted molar refractivity (Wildman–Crippen MR) is 75.5 cm³/mol. The lowest BCUT2D eigenvalue weighted by Crippen LogP contribution is -2.20. The van der Waals surface area contributed by atoms with Crippen LogP contribution in [0.25, 0.3) is 5.69 Å². The van der Waals surface area contributed by atoms with Gasteiger partial charge in [-0.25, -0.2) is 0 Å². The Morgan fingerprint density at radius 2 is 1.95 bits per heavy atom. The molecule has 0 bridgehead atoms. The first-order chi connectivity index (χ1) is 9.84. The SMILES string of the molecule is CN(Cc1cccnc1)c1nnnn1-c1ccccc1. The van der Waals surface area contributed by atoms with Gasteiger partial charge in [0.1, 0.15) is 0 Å². The molecule has 0 amide bonds. The summed E-state index contributed by atoms with van der Waals surface area (Å²) in [6.07, 6.45) is 3.60. The van der Waals surface area contributed by atoms with Crippen LogP contribution in [0.1, 0.15) is 5.56 Å². The van der Waals surface area contributed by atoms with E-state index in [1.165, 1.54) is 0 Å². The second kappa shape index (κ2) is 5.48. The summed E-state index contributed by atoms with van der Waals surface area (Å²) in [4.78, 5) is 6.10. The van der Waals surface area contributed by atoms with Crippen molar-refractivity contribution in [3.63, 3.8) is 0 Å². The van der Waals surface area contributed by atoms with Crippen molar-refractivity contribution in [2.45, 2.75) is 6.54 Å². The molecule has 0 aliphatic heterocycles. The number of hydrogen-bond acceptors (Lipinski definition) is 5. The number of hydrogen-bond donors (Lipinski definition) is 0. The minimum atomic E-state index is 0.694. The average Bonchev–Trinajstić information content (AvgIpc) is 2.99. The van der Waals surface area contributed by atoms with E-state index in [0.717, 1.165) is 11.3 Å². The summed E-state index contributed by atoms with van der Waals surface area (Å²) in [5.41, 5.74) is 2.04. The lowest BCUT2D eigenvalue weighted by molar-refractivity contribution is 0.771. The molecule has 2 heterocycles. The van der Waals surface area contributed by atoms with Gasteiger partial charge >= 0.3 is 0 Å². The van der Waals surface area contributed by atoms with E-state index in [-0.39, 0.29) is 0 Å². The quantitative estimate of drug-likeness (QED) is 0.719. The smallest absolute Gasteiger partial charge is 0.250 e. The summed E-state index contributed by atoms with van der Waals surface area (Å²) in [6.45, 7) is 0.695. The summed E-state index contributed by atoms with van der Waals surface area (Å²) in [6, 6.07) is 13.8. The van der Waals surface area contributed by atoms with Gasteiger partial charge in [-0.3, -0.25) is 4.98 Å². The number of para-hydroxylation sites is 1. The van der Waals surface area contributed by atoms with E-state index in [4.69, 9.17) is 0 Å². The Hall–Kier alpha value is -2.76. The van der Waals surface area contributed by atoms with Crippen LogP contribution >= 0.6 is 0 Å². The summed E-state index contributed by atoms with van der Waals surface area (Å²) in [5, 5.41) is 11.9. The number of benzene rings is 1. The lowest BCUT2D eigenvalue weighted by atomic mass is 10.3. The Labute approximate surface area is 116 Å². The van der Waals surface area contributed by atoms with Crippen molar-refractivity contribution < 1.29 is 0 Å². The molecule has 0 saturated heterocycles. The van der Waals surface area contributed by atoms with E-state index < -0.39 is 0 Å². The standard InChI is InChI=1S/C14H14N6/c1-19(11-12-6-5-9-15-10-12)14-16-17-18-20(14)13-7-3-2-4-8-13/h2-10H,11H2,1H3. The minimum Gasteiger partial charge on any atom is -0.338 e. The van der Waals surface area contributed by atoms with Crippen molar-refractivity contribution in [2.24, 2.45) is 0 Å². The molecular formula is C14H14N6.